The Kier molecular flexibility index (Phi) is 3.72. The molecule has 0 radical (unpaired) electrons. The maximum absolute atomic E-state index is 11.6. The first-order valence-corrected chi connectivity index (χ1v) is 6.81. The summed E-state index contributed by atoms with van der Waals surface area (Å²) in [5, 5.41) is 0. The van der Waals surface area contributed by atoms with Crippen LogP contribution in [0.25, 0.3) is 0 Å². The number of carbonyl (C=O) groups excluding carboxylic acids is 2. The molecule has 0 aliphatic carbocycles. The first-order valence-electron chi connectivity index (χ1n) is 6.81. The van der Waals surface area contributed by atoms with Gasteiger partial charge in [-0.15, -0.1) is 0 Å². The third-order valence-electron chi connectivity index (χ3n) is 3.32. The Morgan fingerprint density at radius 3 is 2.18 bits per heavy atom. The van der Waals surface area contributed by atoms with E-state index in [1.165, 1.54) is 12.2 Å². The van der Waals surface area contributed by atoms with Gasteiger partial charge in [-0.2, -0.15) is 0 Å². The van der Waals surface area contributed by atoms with Crippen LogP contribution >= 0.6 is 0 Å². The molecule has 0 unspecified atom stereocenters. The van der Waals surface area contributed by atoms with Gasteiger partial charge in [-0.05, 0) is 30.3 Å². The van der Waals surface area contributed by atoms with Gasteiger partial charge in [0, 0.05) is 24.3 Å². The minimum Gasteiger partial charge on any atom is -0.457 e. The van der Waals surface area contributed by atoms with Gasteiger partial charge in [0.25, 0.3) is 11.8 Å². The van der Waals surface area contributed by atoms with Crippen LogP contribution < -0.4 is 15.4 Å². The van der Waals surface area contributed by atoms with E-state index in [0.717, 1.165) is 10.5 Å². The minimum atomic E-state index is -0.341. The zero-order valence-corrected chi connectivity index (χ0v) is 11.7. The molecule has 0 aromatic heterocycles. The van der Waals surface area contributed by atoms with Crippen LogP contribution in [0.15, 0.2) is 60.7 Å². The van der Waals surface area contributed by atoms with Crippen molar-refractivity contribution in [1.82, 2.24) is 0 Å². The average Bonchev–Trinajstić information content (AvgIpc) is 2.88. The molecule has 0 saturated heterocycles. The van der Waals surface area contributed by atoms with E-state index in [1.54, 1.807) is 24.3 Å². The van der Waals surface area contributed by atoms with Crippen molar-refractivity contribution in [3.8, 4) is 11.5 Å². The second-order valence-corrected chi connectivity index (χ2v) is 4.75. The Balaban J connectivity index is 1.80. The SMILES string of the molecule is NCc1ccccc1Oc1ccc(N2C(=O)C=CC2=O)cc1. The second kappa shape index (κ2) is 5.83. The molecule has 1 aliphatic heterocycles. The van der Waals surface area contributed by atoms with Crippen molar-refractivity contribution in [2.24, 2.45) is 5.73 Å². The molecular weight excluding hydrogens is 280 g/mol. The van der Waals surface area contributed by atoms with Crippen LogP contribution in [0.4, 0.5) is 5.69 Å². The number of hydrogen-bond donors (Lipinski definition) is 1. The standard InChI is InChI=1S/C17H14N2O3/c18-11-12-3-1-2-4-15(12)22-14-7-5-13(6-8-14)19-16(20)9-10-17(19)21/h1-10H,11,18H2. The number of imide groups is 1. The maximum Gasteiger partial charge on any atom is 0.258 e. The second-order valence-electron chi connectivity index (χ2n) is 4.75. The van der Waals surface area contributed by atoms with E-state index < -0.39 is 0 Å². The molecule has 0 saturated carbocycles. The van der Waals surface area contributed by atoms with Gasteiger partial charge in [0.05, 0.1) is 5.69 Å². The molecular formula is C17H14N2O3. The van der Waals surface area contributed by atoms with E-state index in [9.17, 15) is 9.59 Å². The molecule has 0 bridgehead atoms. The molecule has 0 atom stereocenters. The fraction of sp³-hybridized carbons (Fsp3) is 0.0588. The molecule has 0 spiro atoms. The maximum atomic E-state index is 11.6. The molecule has 2 aromatic carbocycles. The highest BCUT2D eigenvalue weighted by Crippen LogP contribution is 2.27. The van der Waals surface area contributed by atoms with E-state index in [2.05, 4.69) is 0 Å². The quantitative estimate of drug-likeness (QED) is 0.879. The van der Waals surface area contributed by atoms with Crippen LogP contribution in [0.3, 0.4) is 0 Å². The van der Waals surface area contributed by atoms with Crippen molar-refractivity contribution in [2.75, 3.05) is 4.90 Å². The van der Waals surface area contributed by atoms with Crippen LogP contribution in [0.2, 0.25) is 0 Å². The van der Waals surface area contributed by atoms with Crippen molar-refractivity contribution in [3.63, 3.8) is 0 Å². The summed E-state index contributed by atoms with van der Waals surface area (Å²) in [6.07, 6.45) is 2.51. The number of para-hydroxylation sites is 1. The number of nitrogens with zero attached hydrogens (tertiary/aromatic N) is 1. The monoisotopic (exact) mass is 294 g/mol. The summed E-state index contributed by atoms with van der Waals surface area (Å²) in [5.41, 5.74) is 7.09. The van der Waals surface area contributed by atoms with Crippen molar-refractivity contribution in [2.45, 2.75) is 6.54 Å². The molecule has 5 nitrogen and oxygen atoms in total. The van der Waals surface area contributed by atoms with Crippen LogP contribution in [-0.4, -0.2) is 11.8 Å². The predicted molar refractivity (Wildman–Crippen MR) is 82.5 cm³/mol. The van der Waals surface area contributed by atoms with E-state index in [1.807, 2.05) is 24.3 Å². The summed E-state index contributed by atoms with van der Waals surface area (Å²) >= 11 is 0. The van der Waals surface area contributed by atoms with Gasteiger partial charge >= 0.3 is 0 Å². The molecule has 2 aromatic rings. The summed E-state index contributed by atoms with van der Waals surface area (Å²) < 4.78 is 5.79. The number of anilines is 1. The largest absolute Gasteiger partial charge is 0.457 e. The van der Waals surface area contributed by atoms with E-state index in [4.69, 9.17) is 10.5 Å². The van der Waals surface area contributed by atoms with E-state index in [-0.39, 0.29) is 11.8 Å². The van der Waals surface area contributed by atoms with Gasteiger partial charge < -0.3 is 10.5 Å². The Labute approximate surface area is 127 Å². The highest BCUT2D eigenvalue weighted by molar-refractivity contribution is 6.28. The Hall–Kier alpha value is -2.92. The lowest BCUT2D eigenvalue weighted by atomic mass is 10.2. The molecule has 22 heavy (non-hydrogen) atoms. The molecule has 0 fully saturated rings. The molecule has 5 heteroatoms. The average molecular weight is 294 g/mol. The summed E-state index contributed by atoms with van der Waals surface area (Å²) in [4.78, 5) is 24.3. The highest BCUT2D eigenvalue weighted by Gasteiger charge is 2.24. The Morgan fingerprint density at radius 1 is 0.909 bits per heavy atom. The topological polar surface area (TPSA) is 72.6 Å². The summed E-state index contributed by atoms with van der Waals surface area (Å²) in [7, 11) is 0. The van der Waals surface area contributed by atoms with Crippen LogP contribution in [0.1, 0.15) is 5.56 Å². The first kappa shape index (κ1) is 14.0. The number of nitrogens with two attached hydrogens (primary N) is 1. The van der Waals surface area contributed by atoms with Gasteiger partial charge in [-0.1, -0.05) is 18.2 Å². The number of carbonyl (C=O) groups is 2. The zero-order chi connectivity index (χ0) is 15.5. The highest BCUT2D eigenvalue weighted by atomic mass is 16.5. The lowest BCUT2D eigenvalue weighted by molar-refractivity contribution is -0.119. The first-order chi connectivity index (χ1) is 10.7. The molecule has 1 heterocycles. The van der Waals surface area contributed by atoms with Crippen molar-refractivity contribution in [3.05, 3.63) is 66.2 Å². The summed E-state index contributed by atoms with van der Waals surface area (Å²) in [5.74, 6) is 0.615. The van der Waals surface area contributed by atoms with Gasteiger partial charge in [-0.25, -0.2) is 4.90 Å². The normalized spacial score (nSPS) is 13.8. The molecule has 2 amide bonds. The lowest BCUT2D eigenvalue weighted by Gasteiger charge is -2.15. The van der Waals surface area contributed by atoms with Gasteiger partial charge in [0.1, 0.15) is 11.5 Å². The van der Waals surface area contributed by atoms with Crippen molar-refractivity contribution < 1.29 is 14.3 Å². The fourth-order valence-corrected chi connectivity index (χ4v) is 2.22. The van der Waals surface area contributed by atoms with E-state index >= 15 is 0 Å². The third-order valence-corrected chi connectivity index (χ3v) is 3.32. The fourth-order valence-electron chi connectivity index (χ4n) is 2.22. The van der Waals surface area contributed by atoms with Gasteiger partial charge in [0.2, 0.25) is 0 Å². The summed E-state index contributed by atoms with van der Waals surface area (Å²) in [6, 6.07) is 14.3. The smallest absolute Gasteiger partial charge is 0.258 e. The number of hydrogen-bond acceptors (Lipinski definition) is 4. The van der Waals surface area contributed by atoms with Gasteiger partial charge in [-0.3, -0.25) is 9.59 Å². The predicted octanol–water partition coefficient (Wildman–Crippen LogP) is 2.37. The molecule has 2 N–H and O–H groups in total. The summed E-state index contributed by atoms with van der Waals surface area (Å²) in [6.45, 7) is 0.386. The minimum absolute atomic E-state index is 0.341. The molecule has 1 aliphatic rings. The van der Waals surface area contributed by atoms with Crippen LogP contribution in [-0.2, 0) is 16.1 Å². The Morgan fingerprint density at radius 2 is 1.55 bits per heavy atom. The molecule has 110 valence electrons. The van der Waals surface area contributed by atoms with Gasteiger partial charge in [0.15, 0.2) is 0 Å². The zero-order valence-electron chi connectivity index (χ0n) is 11.7. The molecule has 3 rings (SSSR count). The van der Waals surface area contributed by atoms with Crippen molar-refractivity contribution in [1.29, 1.82) is 0 Å². The third kappa shape index (κ3) is 2.62. The number of amides is 2. The Bertz CT molecular complexity index is 733. The number of ether oxygens (including phenoxy) is 1. The number of rotatable bonds is 4. The van der Waals surface area contributed by atoms with E-state index in [0.29, 0.717) is 23.7 Å². The number of benzene rings is 2. The van der Waals surface area contributed by atoms with Crippen LogP contribution in [0.5, 0.6) is 11.5 Å². The lowest BCUT2D eigenvalue weighted by Crippen LogP contribution is -2.29. The van der Waals surface area contributed by atoms with Crippen molar-refractivity contribution >= 4 is 17.5 Å². The van der Waals surface area contributed by atoms with Crippen LogP contribution in [0, 0.1) is 0 Å².